The van der Waals surface area contributed by atoms with Gasteiger partial charge in [-0.1, -0.05) is 18.2 Å². The molecule has 1 saturated heterocycles. The van der Waals surface area contributed by atoms with E-state index in [9.17, 15) is 4.79 Å². The first-order chi connectivity index (χ1) is 11.3. The van der Waals surface area contributed by atoms with Crippen molar-refractivity contribution in [2.45, 2.75) is 6.10 Å². The molecule has 4 rings (SSSR count). The van der Waals surface area contributed by atoms with Gasteiger partial charge in [-0.05, 0) is 29.6 Å². The van der Waals surface area contributed by atoms with E-state index in [4.69, 9.17) is 4.74 Å². The fourth-order valence-corrected chi connectivity index (χ4v) is 3.10. The molecule has 6 heteroatoms. The zero-order chi connectivity index (χ0) is 15.6. The molecule has 0 unspecified atom stereocenters. The van der Waals surface area contributed by atoms with Crippen molar-refractivity contribution >= 4 is 33.3 Å². The van der Waals surface area contributed by atoms with Crippen LogP contribution in [0.2, 0.25) is 0 Å². The Hall–Kier alpha value is -2.60. The predicted molar refractivity (Wildman–Crippen MR) is 91.1 cm³/mol. The van der Waals surface area contributed by atoms with Gasteiger partial charge in [-0.25, -0.2) is 9.78 Å². The van der Waals surface area contributed by atoms with E-state index in [0.717, 1.165) is 15.9 Å². The van der Waals surface area contributed by atoms with Gasteiger partial charge in [-0.2, -0.15) is 0 Å². The third kappa shape index (κ3) is 2.98. The van der Waals surface area contributed by atoms with Crippen molar-refractivity contribution in [3.8, 4) is 5.88 Å². The van der Waals surface area contributed by atoms with E-state index in [1.165, 1.54) is 11.3 Å². The molecule has 3 aromatic rings. The number of urea groups is 1. The Balaban J connectivity index is 1.33. The molecule has 0 spiro atoms. The van der Waals surface area contributed by atoms with Gasteiger partial charge in [0.1, 0.15) is 6.10 Å². The van der Waals surface area contributed by atoms with E-state index < -0.39 is 0 Å². The van der Waals surface area contributed by atoms with E-state index in [1.54, 1.807) is 4.90 Å². The van der Waals surface area contributed by atoms with Gasteiger partial charge in [-0.15, -0.1) is 11.3 Å². The number of pyridine rings is 1. The number of hydrogen-bond acceptors (Lipinski definition) is 4. The van der Waals surface area contributed by atoms with Gasteiger partial charge in [0.05, 0.1) is 23.6 Å². The topological polar surface area (TPSA) is 54.5 Å². The standard InChI is InChI=1S/C17H15N3O2S/c21-17(19-16-6-3-9-23-16)20-10-13(11-20)22-15-8-7-12-4-1-2-5-14(12)18-15/h1-9,13H,10-11H2,(H,19,21). The van der Waals surface area contributed by atoms with E-state index in [2.05, 4.69) is 10.3 Å². The number of aromatic nitrogens is 1. The molecule has 1 N–H and O–H groups in total. The van der Waals surface area contributed by atoms with Crippen LogP contribution in [0, 0.1) is 0 Å². The van der Waals surface area contributed by atoms with E-state index in [1.807, 2.05) is 53.9 Å². The van der Waals surface area contributed by atoms with Crippen molar-refractivity contribution in [1.29, 1.82) is 0 Å². The third-order valence-electron chi connectivity index (χ3n) is 3.75. The maximum Gasteiger partial charge on any atom is 0.322 e. The van der Waals surface area contributed by atoms with Crippen LogP contribution in [0.5, 0.6) is 5.88 Å². The number of nitrogens with zero attached hydrogens (tertiary/aromatic N) is 2. The largest absolute Gasteiger partial charge is 0.471 e. The fourth-order valence-electron chi connectivity index (χ4n) is 2.50. The lowest BCUT2D eigenvalue weighted by Crippen LogP contribution is -2.57. The van der Waals surface area contributed by atoms with Crippen LogP contribution in [0.4, 0.5) is 9.80 Å². The molecule has 2 aromatic heterocycles. The number of benzene rings is 1. The van der Waals surface area contributed by atoms with Crippen LogP contribution >= 0.6 is 11.3 Å². The van der Waals surface area contributed by atoms with Crippen molar-refractivity contribution in [1.82, 2.24) is 9.88 Å². The van der Waals surface area contributed by atoms with Crippen LogP contribution in [0.1, 0.15) is 0 Å². The van der Waals surface area contributed by atoms with Crippen LogP contribution < -0.4 is 10.1 Å². The second-order valence-corrected chi connectivity index (χ2v) is 6.34. The summed E-state index contributed by atoms with van der Waals surface area (Å²) < 4.78 is 5.84. The molecule has 0 bridgehead atoms. The Bertz CT molecular complexity index is 829. The van der Waals surface area contributed by atoms with Crippen LogP contribution in [0.3, 0.4) is 0 Å². The minimum absolute atomic E-state index is 0.00209. The normalized spacial score (nSPS) is 14.5. The molecule has 116 valence electrons. The molecule has 5 nitrogen and oxygen atoms in total. The van der Waals surface area contributed by atoms with E-state index >= 15 is 0 Å². The molecule has 2 amide bonds. The summed E-state index contributed by atoms with van der Waals surface area (Å²) in [6.07, 6.45) is -0.00209. The van der Waals surface area contributed by atoms with Gasteiger partial charge in [-0.3, -0.25) is 5.32 Å². The first-order valence-corrected chi connectivity index (χ1v) is 8.28. The number of hydrogen-bond donors (Lipinski definition) is 1. The predicted octanol–water partition coefficient (Wildman–Crippen LogP) is 3.59. The number of ether oxygens (including phenoxy) is 1. The Kier molecular flexibility index (Phi) is 3.59. The monoisotopic (exact) mass is 325 g/mol. The number of fused-ring (bicyclic) bond motifs is 1. The fraction of sp³-hybridized carbons (Fsp3) is 0.176. The molecule has 1 aromatic carbocycles. The zero-order valence-corrected chi connectivity index (χ0v) is 13.1. The highest BCUT2D eigenvalue weighted by Crippen LogP contribution is 2.21. The lowest BCUT2D eigenvalue weighted by Gasteiger charge is -2.38. The average Bonchev–Trinajstić information content (AvgIpc) is 3.03. The second kappa shape index (κ2) is 5.89. The van der Waals surface area contributed by atoms with Crippen LogP contribution in [-0.2, 0) is 0 Å². The van der Waals surface area contributed by atoms with Gasteiger partial charge in [0.25, 0.3) is 0 Å². The number of para-hydroxylation sites is 1. The van der Waals surface area contributed by atoms with E-state index in [-0.39, 0.29) is 12.1 Å². The number of carbonyl (C=O) groups excluding carboxylic acids is 1. The van der Waals surface area contributed by atoms with Crippen molar-refractivity contribution in [2.24, 2.45) is 0 Å². The molecule has 1 aliphatic rings. The minimum atomic E-state index is -0.0845. The zero-order valence-electron chi connectivity index (χ0n) is 12.3. The van der Waals surface area contributed by atoms with Gasteiger partial charge in [0, 0.05) is 11.5 Å². The first-order valence-electron chi connectivity index (χ1n) is 7.40. The highest BCUT2D eigenvalue weighted by Gasteiger charge is 2.32. The highest BCUT2D eigenvalue weighted by atomic mass is 32.1. The highest BCUT2D eigenvalue weighted by molar-refractivity contribution is 7.14. The summed E-state index contributed by atoms with van der Waals surface area (Å²) in [5.74, 6) is 0.604. The Morgan fingerprint density at radius 3 is 2.87 bits per heavy atom. The molecule has 0 radical (unpaired) electrons. The molecule has 0 saturated carbocycles. The average molecular weight is 325 g/mol. The number of thiophene rings is 1. The van der Waals surface area contributed by atoms with Gasteiger partial charge in [0.2, 0.25) is 5.88 Å². The lowest BCUT2D eigenvalue weighted by atomic mass is 10.2. The molecule has 1 fully saturated rings. The summed E-state index contributed by atoms with van der Waals surface area (Å²) in [5.41, 5.74) is 0.914. The Morgan fingerprint density at radius 1 is 1.17 bits per heavy atom. The number of rotatable bonds is 3. The summed E-state index contributed by atoms with van der Waals surface area (Å²) in [5, 5.41) is 6.75. The number of carbonyl (C=O) groups is 1. The van der Waals surface area contributed by atoms with Crippen molar-refractivity contribution < 1.29 is 9.53 Å². The molecule has 0 atom stereocenters. The maximum atomic E-state index is 12.0. The van der Waals surface area contributed by atoms with Crippen LogP contribution in [-0.4, -0.2) is 35.1 Å². The molecule has 1 aliphatic heterocycles. The number of amides is 2. The molecule has 3 heterocycles. The van der Waals surface area contributed by atoms with Gasteiger partial charge < -0.3 is 9.64 Å². The molecular formula is C17H15N3O2S. The maximum absolute atomic E-state index is 12.0. The number of nitrogens with one attached hydrogen (secondary N) is 1. The molecule has 23 heavy (non-hydrogen) atoms. The molecule has 0 aliphatic carbocycles. The first kappa shape index (κ1) is 14.0. The number of likely N-dealkylation sites (tertiary alicyclic amines) is 1. The summed E-state index contributed by atoms with van der Waals surface area (Å²) >= 11 is 1.51. The van der Waals surface area contributed by atoms with Gasteiger partial charge in [0.15, 0.2) is 0 Å². The van der Waals surface area contributed by atoms with E-state index in [0.29, 0.717) is 19.0 Å². The van der Waals surface area contributed by atoms with Crippen molar-refractivity contribution in [3.05, 3.63) is 53.9 Å². The summed E-state index contributed by atoms with van der Waals surface area (Å²) in [6, 6.07) is 15.5. The SMILES string of the molecule is O=C(Nc1cccs1)N1CC(Oc2ccc3ccccc3n2)C1. The van der Waals surface area contributed by atoms with Gasteiger partial charge >= 0.3 is 6.03 Å². The van der Waals surface area contributed by atoms with Crippen molar-refractivity contribution in [2.75, 3.05) is 18.4 Å². The third-order valence-corrected chi connectivity index (χ3v) is 4.53. The Labute approximate surface area is 137 Å². The minimum Gasteiger partial charge on any atom is -0.471 e. The summed E-state index contributed by atoms with van der Waals surface area (Å²) in [6.45, 7) is 1.15. The summed E-state index contributed by atoms with van der Waals surface area (Å²) in [4.78, 5) is 18.2. The quantitative estimate of drug-likeness (QED) is 0.800. The van der Waals surface area contributed by atoms with Crippen LogP contribution in [0.25, 0.3) is 10.9 Å². The lowest BCUT2D eigenvalue weighted by molar-refractivity contribution is 0.0463. The van der Waals surface area contributed by atoms with Crippen molar-refractivity contribution in [3.63, 3.8) is 0 Å². The second-order valence-electron chi connectivity index (χ2n) is 5.39. The number of anilines is 1. The van der Waals surface area contributed by atoms with Crippen LogP contribution in [0.15, 0.2) is 53.9 Å². The Morgan fingerprint density at radius 2 is 2.04 bits per heavy atom. The smallest absolute Gasteiger partial charge is 0.322 e. The molecular weight excluding hydrogens is 310 g/mol. The summed E-state index contributed by atoms with van der Waals surface area (Å²) in [7, 11) is 0.